The third kappa shape index (κ3) is 3.16. The van der Waals surface area contributed by atoms with Crippen molar-refractivity contribution in [2.24, 2.45) is 11.3 Å². The van der Waals surface area contributed by atoms with Crippen LogP contribution in [-0.2, 0) is 10.8 Å². The maximum Gasteiger partial charge on any atom is 0.194 e. The lowest BCUT2D eigenvalue weighted by molar-refractivity contribution is 0.371. The van der Waals surface area contributed by atoms with Crippen molar-refractivity contribution >= 4 is 55.2 Å². The second-order valence-corrected chi connectivity index (χ2v) is 14.2. The monoisotopic (exact) mass is 490 g/mol. The van der Waals surface area contributed by atoms with Crippen LogP contribution in [0.25, 0.3) is 55.2 Å². The Kier molecular flexibility index (Phi) is 4.51. The minimum Gasteiger partial charge on any atom is -0.289 e. The average Bonchev–Trinajstić information content (AvgIpc) is 2.79. The molecule has 0 aromatic heterocycles. The first-order valence-corrected chi connectivity index (χ1v) is 13.2. The van der Waals surface area contributed by atoms with E-state index < -0.39 is 0 Å². The number of rotatable bonds is 0. The van der Waals surface area contributed by atoms with Gasteiger partial charge in [0.05, 0.1) is 0 Å². The van der Waals surface area contributed by atoms with Crippen LogP contribution in [0.15, 0.2) is 38.6 Å². The van der Waals surface area contributed by atoms with Crippen molar-refractivity contribution < 1.29 is 0 Å². The molecule has 3 nitrogen and oxygen atoms in total. The minimum absolute atomic E-state index is 0.0568. The van der Waals surface area contributed by atoms with Crippen LogP contribution < -0.4 is 26.7 Å². The smallest absolute Gasteiger partial charge is 0.194 e. The Balaban J connectivity index is 2.05. The molecule has 0 N–H and O–H groups in total. The Hall–Kier alpha value is -3.33. The second-order valence-electron chi connectivity index (χ2n) is 14.2. The van der Waals surface area contributed by atoms with E-state index in [4.69, 9.17) is 0 Å². The first kappa shape index (κ1) is 24.0. The second kappa shape index (κ2) is 6.95. The van der Waals surface area contributed by atoms with Crippen molar-refractivity contribution in [1.29, 1.82) is 0 Å². The van der Waals surface area contributed by atoms with Gasteiger partial charge < -0.3 is 0 Å². The van der Waals surface area contributed by atoms with Crippen molar-refractivity contribution in [3.8, 4) is 0 Å². The van der Waals surface area contributed by atoms with Gasteiger partial charge in [-0.05, 0) is 51.6 Å². The summed E-state index contributed by atoms with van der Waals surface area (Å²) in [5.74, 6) is -0.0568. The molecule has 0 unspecified atom stereocenters. The van der Waals surface area contributed by atoms with Crippen LogP contribution in [0.4, 0.5) is 0 Å². The summed E-state index contributed by atoms with van der Waals surface area (Å²) in [6, 6.07) is 7.91. The summed E-state index contributed by atoms with van der Waals surface area (Å²) in [7, 11) is 0. The van der Waals surface area contributed by atoms with E-state index in [1.165, 1.54) is 0 Å². The summed E-state index contributed by atoms with van der Waals surface area (Å²) in [5, 5.41) is 6.56. The number of hydrogen-bond donors (Lipinski definition) is 0. The molecule has 188 valence electrons. The van der Waals surface area contributed by atoms with Crippen LogP contribution in [0.2, 0.25) is 0 Å². The molecule has 37 heavy (non-hydrogen) atoms. The third-order valence-electron chi connectivity index (χ3n) is 8.46. The molecule has 0 aliphatic heterocycles. The summed E-state index contributed by atoms with van der Waals surface area (Å²) in [6.45, 7) is 19.0. The fourth-order valence-electron chi connectivity index (χ4n) is 6.08. The molecule has 0 bridgehead atoms. The zero-order valence-corrected chi connectivity index (χ0v) is 23.3. The lowest BCUT2D eigenvalue weighted by Crippen LogP contribution is -2.41. The Morgan fingerprint density at radius 3 is 1.16 bits per heavy atom. The highest BCUT2D eigenvalue weighted by molar-refractivity contribution is 6.31. The summed E-state index contributed by atoms with van der Waals surface area (Å²) in [4.78, 5) is 42.5. The summed E-state index contributed by atoms with van der Waals surface area (Å²) in [6.07, 6.45) is 4.11. The Morgan fingerprint density at radius 1 is 0.486 bits per heavy atom. The Labute approximate surface area is 216 Å². The van der Waals surface area contributed by atoms with E-state index in [1.54, 1.807) is 0 Å². The molecular formula is C34H34O3. The molecule has 5 aromatic carbocycles. The molecule has 0 radical (unpaired) electrons. The van der Waals surface area contributed by atoms with Gasteiger partial charge in [0, 0.05) is 59.4 Å². The minimum atomic E-state index is -0.234. The van der Waals surface area contributed by atoms with Gasteiger partial charge in [-0.1, -0.05) is 74.5 Å². The highest BCUT2D eigenvalue weighted by Crippen LogP contribution is 2.39. The topological polar surface area (TPSA) is 51.2 Å². The van der Waals surface area contributed by atoms with E-state index >= 15 is 0 Å². The molecule has 6 rings (SSSR count). The maximum absolute atomic E-state index is 14.2. The van der Waals surface area contributed by atoms with Crippen molar-refractivity contribution in [3.05, 3.63) is 76.5 Å². The molecule has 0 saturated carbocycles. The molecule has 3 heteroatoms. The van der Waals surface area contributed by atoms with E-state index in [0.29, 0.717) is 42.8 Å². The zero-order valence-electron chi connectivity index (χ0n) is 23.3. The lowest BCUT2D eigenvalue weighted by Gasteiger charge is -2.28. The van der Waals surface area contributed by atoms with E-state index in [0.717, 1.165) is 21.9 Å². The van der Waals surface area contributed by atoms with Gasteiger partial charge in [0.15, 0.2) is 16.3 Å². The van der Waals surface area contributed by atoms with Gasteiger partial charge >= 0.3 is 0 Å². The first-order chi connectivity index (χ1) is 17.0. The molecule has 1 aliphatic carbocycles. The highest BCUT2D eigenvalue weighted by Gasteiger charge is 2.30. The summed E-state index contributed by atoms with van der Waals surface area (Å²) < 4.78 is 0. The lowest BCUT2D eigenvalue weighted by atomic mass is 9.75. The number of benzene rings is 5. The van der Waals surface area contributed by atoms with Crippen molar-refractivity contribution in [2.75, 3.05) is 0 Å². The van der Waals surface area contributed by atoms with E-state index in [9.17, 15) is 14.4 Å². The van der Waals surface area contributed by atoms with E-state index in [-0.39, 0.29) is 38.4 Å². The van der Waals surface area contributed by atoms with Crippen LogP contribution in [0.5, 0.6) is 0 Å². The SMILES string of the molecule is CC(C)(C)c1cc2c(=O)c3c4c(c(=O)c5cc(C(C)(C)C)cc6c(=O)c(c1)c2c4c56)=CC(C(C)(C)C)C=3. The van der Waals surface area contributed by atoms with Gasteiger partial charge in [-0.25, -0.2) is 0 Å². The predicted octanol–water partition coefficient (Wildman–Crippen LogP) is 5.53. The van der Waals surface area contributed by atoms with Crippen molar-refractivity contribution in [1.82, 2.24) is 0 Å². The van der Waals surface area contributed by atoms with Gasteiger partial charge in [0.1, 0.15) is 0 Å². The van der Waals surface area contributed by atoms with Crippen LogP contribution in [0.3, 0.4) is 0 Å². The van der Waals surface area contributed by atoms with Gasteiger partial charge in [-0.15, -0.1) is 0 Å². The first-order valence-electron chi connectivity index (χ1n) is 13.2. The summed E-state index contributed by atoms with van der Waals surface area (Å²) >= 11 is 0. The van der Waals surface area contributed by atoms with Gasteiger partial charge in [0.25, 0.3) is 0 Å². The van der Waals surface area contributed by atoms with Crippen molar-refractivity contribution in [2.45, 2.75) is 73.1 Å². The fourth-order valence-corrected chi connectivity index (χ4v) is 6.08. The molecular weight excluding hydrogens is 456 g/mol. The highest BCUT2D eigenvalue weighted by atomic mass is 16.1. The van der Waals surface area contributed by atoms with Crippen LogP contribution in [-0.4, -0.2) is 0 Å². The fraction of sp³-hybridized carbons (Fsp3) is 0.382. The molecule has 5 aromatic rings. The molecule has 1 aliphatic rings. The molecule has 0 spiro atoms. The van der Waals surface area contributed by atoms with Gasteiger partial charge in [-0.3, -0.25) is 14.4 Å². The van der Waals surface area contributed by atoms with Gasteiger partial charge in [-0.2, -0.15) is 0 Å². The summed E-state index contributed by atoms with van der Waals surface area (Å²) in [5.41, 5.74) is 1.04. The largest absolute Gasteiger partial charge is 0.289 e. The van der Waals surface area contributed by atoms with Gasteiger partial charge in [0.2, 0.25) is 0 Å². The van der Waals surface area contributed by atoms with Crippen LogP contribution in [0, 0.1) is 11.3 Å². The molecule has 0 heterocycles. The molecule has 0 saturated heterocycles. The van der Waals surface area contributed by atoms with E-state index in [1.807, 2.05) is 24.3 Å². The molecule has 0 fully saturated rings. The standard InChI is InChI=1S/C34H34O3/c1-32(2,3)16-10-19-25-20(11-16)30(36)22-13-18(34(7,8)9)15-24-27(22)28(25)26-21(29(19)35)12-17(33(4,5)6)14-23(26)31(24)37/h10-16H,1-9H3. The van der Waals surface area contributed by atoms with Crippen molar-refractivity contribution in [3.63, 3.8) is 0 Å². The maximum atomic E-state index is 14.2. The quantitative estimate of drug-likeness (QED) is 0.212. The Bertz CT molecular complexity index is 1940. The Morgan fingerprint density at radius 2 is 0.838 bits per heavy atom. The van der Waals surface area contributed by atoms with E-state index in [2.05, 4.69) is 74.5 Å². The van der Waals surface area contributed by atoms with Crippen LogP contribution in [0.1, 0.15) is 73.4 Å². The third-order valence-corrected chi connectivity index (χ3v) is 8.46. The van der Waals surface area contributed by atoms with Crippen LogP contribution >= 0.6 is 0 Å². The molecule has 0 amide bonds. The predicted molar refractivity (Wildman–Crippen MR) is 157 cm³/mol. The average molecular weight is 491 g/mol. The zero-order chi connectivity index (χ0) is 27.0. The normalized spacial score (nSPS) is 15.3. The number of hydrogen-bond acceptors (Lipinski definition) is 3. The molecule has 0 atom stereocenters.